The first-order chi connectivity index (χ1) is 17.7. The van der Waals surface area contributed by atoms with Crippen LogP contribution in [0.4, 0.5) is 0 Å². The highest BCUT2D eigenvalue weighted by atomic mass is 32.2. The van der Waals surface area contributed by atoms with Gasteiger partial charge in [-0.25, -0.2) is 0 Å². The molecule has 1 aliphatic rings. The average molecular weight is 491 g/mol. The molecular weight excluding hydrogens is 460 g/mol. The predicted octanol–water partition coefficient (Wildman–Crippen LogP) is 6.81. The number of piperidine rings is 1. The van der Waals surface area contributed by atoms with Crippen molar-refractivity contribution in [2.45, 2.75) is 24.1 Å². The lowest BCUT2D eigenvalue weighted by Crippen LogP contribution is -2.52. The SMILES string of the molecule is CC(=O)SC1CCN(C(c2ccccc2)(c2ccccc2)c2ccccc2)CC1=Cc1cccnc1. The van der Waals surface area contributed by atoms with Crippen LogP contribution in [0.2, 0.25) is 0 Å². The number of hydrogen-bond donors (Lipinski definition) is 0. The van der Waals surface area contributed by atoms with Crippen molar-refractivity contribution in [2.24, 2.45) is 0 Å². The Balaban J connectivity index is 1.69. The molecular formula is C32H30N2OS. The third-order valence-electron chi connectivity index (χ3n) is 6.84. The molecule has 5 rings (SSSR count). The lowest BCUT2D eigenvalue weighted by atomic mass is 9.74. The zero-order valence-corrected chi connectivity index (χ0v) is 21.3. The molecule has 3 aromatic carbocycles. The minimum absolute atomic E-state index is 0.152. The molecule has 4 aromatic rings. The van der Waals surface area contributed by atoms with Gasteiger partial charge < -0.3 is 0 Å². The minimum atomic E-state index is -0.469. The van der Waals surface area contributed by atoms with E-state index >= 15 is 0 Å². The second-order valence-corrected chi connectivity index (χ2v) is 10.5. The Labute approximate surface area is 217 Å². The molecule has 1 atom stereocenters. The maximum Gasteiger partial charge on any atom is 0.186 e. The van der Waals surface area contributed by atoms with Crippen LogP contribution in [0.1, 0.15) is 35.6 Å². The quantitative estimate of drug-likeness (QED) is 0.278. The van der Waals surface area contributed by atoms with Crippen molar-refractivity contribution in [2.75, 3.05) is 13.1 Å². The number of carbonyl (C=O) groups excluding carboxylic acids is 1. The number of pyridine rings is 1. The van der Waals surface area contributed by atoms with E-state index in [0.717, 1.165) is 25.1 Å². The van der Waals surface area contributed by atoms with E-state index < -0.39 is 5.54 Å². The summed E-state index contributed by atoms with van der Waals surface area (Å²) in [5.74, 6) is 0. The van der Waals surface area contributed by atoms with Crippen LogP contribution >= 0.6 is 11.8 Å². The van der Waals surface area contributed by atoms with E-state index in [4.69, 9.17) is 0 Å². The number of rotatable bonds is 6. The Bertz CT molecular complexity index is 1210. The van der Waals surface area contributed by atoms with Crippen molar-refractivity contribution in [3.05, 3.63) is 143 Å². The highest BCUT2D eigenvalue weighted by molar-refractivity contribution is 8.14. The van der Waals surface area contributed by atoms with E-state index in [9.17, 15) is 4.79 Å². The normalized spacial score (nSPS) is 17.7. The minimum Gasteiger partial charge on any atom is -0.288 e. The standard InChI is InChI=1S/C32H30N2OS/c1-25(35)36-31-19-21-34(24-27(31)22-26-12-11-20-33-23-26)32(28-13-5-2-6-14-28,29-15-7-3-8-16-29)30-17-9-4-10-18-30/h2-18,20,22-23,31H,19,21,24H2,1H3. The molecule has 1 aliphatic heterocycles. The van der Waals surface area contributed by atoms with Gasteiger partial charge in [-0.1, -0.05) is 115 Å². The van der Waals surface area contributed by atoms with Gasteiger partial charge >= 0.3 is 0 Å². The molecule has 4 heteroatoms. The summed E-state index contributed by atoms with van der Waals surface area (Å²) in [6.45, 7) is 3.29. The van der Waals surface area contributed by atoms with Crippen LogP contribution in [0.25, 0.3) is 6.08 Å². The van der Waals surface area contributed by atoms with Crippen LogP contribution in [0.5, 0.6) is 0 Å². The lowest BCUT2D eigenvalue weighted by Gasteiger charge is -2.49. The second-order valence-electron chi connectivity index (χ2n) is 9.12. The third-order valence-corrected chi connectivity index (χ3v) is 8.00. The zero-order chi connectivity index (χ0) is 24.8. The maximum absolute atomic E-state index is 12.2. The molecule has 1 aromatic heterocycles. The number of benzene rings is 3. The summed E-state index contributed by atoms with van der Waals surface area (Å²) in [5.41, 5.74) is 5.56. The summed E-state index contributed by atoms with van der Waals surface area (Å²) < 4.78 is 0. The monoisotopic (exact) mass is 490 g/mol. The van der Waals surface area contributed by atoms with Crippen molar-refractivity contribution >= 4 is 23.0 Å². The van der Waals surface area contributed by atoms with E-state index in [-0.39, 0.29) is 10.4 Å². The number of nitrogens with zero attached hydrogens (tertiary/aromatic N) is 2. The fraction of sp³-hybridized carbons (Fsp3) is 0.188. The molecule has 1 fully saturated rings. The molecule has 0 bridgehead atoms. The largest absolute Gasteiger partial charge is 0.288 e. The summed E-state index contributed by atoms with van der Waals surface area (Å²) in [6.07, 6.45) is 6.80. The van der Waals surface area contributed by atoms with Gasteiger partial charge in [-0.2, -0.15) is 0 Å². The molecule has 0 N–H and O–H groups in total. The fourth-order valence-electron chi connectivity index (χ4n) is 5.38. The molecule has 3 nitrogen and oxygen atoms in total. The molecule has 2 heterocycles. The molecule has 0 spiro atoms. The number of aromatic nitrogens is 1. The van der Waals surface area contributed by atoms with Gasteiger partial charge in [0.15, 0.2) is 5.12 Å². The summed E-state index contributed by atoms with van der Waals surface area (Å²) in [7, 11) is 0. The van der Waals surface area contributed by atoms with Gasteiger partial charge in [0.25, 0.3) is 0 Å². The Hall–Kier alpha value is -3.47. The Kier molecular flexibility index (Phi) is 7.45. The number of carbonyl (C=O) groups is 1. The molecule has 0 aliphatic carbocycles. The Morgan fingerprint density at radius 3 is 1.89 bits per heavy atom. The highest BCUT2D eigenvalue weighted by Gasteiger charge is 2.44. The van der Waals surface area contributed by atoms with Crippen LogP contribution in [-0.2, 0) is 10.3 Å². The molecule has 180 valence electrons. The van der Waals surface area contributed by atoms with Crippen molar-refractivity contribution < 1.29 is 4.79 Å². The van der Waals surface area contributed by atoms with Crippen molar-refractivity contribution in [1.82, 2.24) is 9.88 Å². The van der Waals surface area contributed by atoms with E-state index in [1.165, 1.54) is 34.0 Å². The molecule has 0 amide bonds. The van der Waals surface area contributed by atoms with E-state index in [1.54, 1.807) is 13.1 Å². The van der Waals surface area contributed by atoms with Gasteiger partial charge in [0.2, 0.25) is 0 Å². The molecule has 1 unspecified atom stereocenters. The van der Waals surface area contributed by atoms with Gasteiger partial charge in [0.05, 0.1) is 5.54 Å². The number of thioether (sulfide) groups is 1. The lowest BCUT2D eigenvalue weighted by molar-refractivity contribution is -0.109. The molecule has 0 saturated carbocycles. The second kappa shape index (κ2) is 11.1. The first kappa shape index (κ1) is 24.2. The van der Waals surface area contributed by atoms with E-state index in [1.807, 2.05) is 12.3 Å². The first-order valence-electron chi connectivity index (χ1n) is 12.4. The third kappa shape index (κ3) is 4.92. The Morgan fingerprint density at radius 1 is 0.861 bits per heavy atom. The van der Waals surface area contributed by atoms with Gasteiger partial charge in [0, 0.05) is 37.7 Å². The van der Waals surface area contributed by atoms with Gasteiger partial charge in [-0.15, -0.1) is 0 Å². The smallest absolute Gasteiger partial charge is 0.186 e. The van der Waals surface area contributed by atoms with Crippen LogP contribution in [-0.4, -0.2) is 33.3 Å². The van der Waals surface area contributed by atoms with E-state index in [2.05, 4.69) is 113 Å². The summed E-state index contributed by atoms with van der Waals surface area (Å²) in [6, 6.07) is 36.4. The first-order valence-corrected chi connectivity index (χ1v) is 13.2. The van der Waals surface area contributed by atoms with Crippen LogP contribution < -0.4 is 0 Å². The topological polar surface area (TPSA) is 33.2 Å². The fourth-order valence-corrected chi connectivity index (χ4v) is 6.30. The zero-order valence-electron chi connectivity index (χ0n) is 20.5. The van der Waals surface area contributed by atoms with Crippen molar-refractivity contribution in [3.8, 4) is 0 Å². The molecule has 0 radical (unpaired) electrons. The Morgan fingerprint density at radius 2 is 1.42 bits per heavy atom. The van der Waals surface area contributed by atoms with Gasteiger partial charge in [0.1, 0.15) is 0 Å². The van der Waals surface area contributed by atoms with Gasteiger partial charge in [-0.3, -0.25) is 14.7 Å². The highest BCUT2D eigenvalue weighted by Crippen LogP contribution is 2.45. The number of hydrogen-bond acceptors (Lipinski definition) is 4. The summed E-state index contributed by atoms with van der Waals surface area (Å²) in [5, 5.41) is 0.310. The van der Waals surface area contributed by atoms with Gasteiger partial charge in [-0.05, 0) is 40.3 Å². The predicted molar refractivity (Wildman–Crippen MR) is 150 cm³/mol. The van der Waals surface area contributed by atoms with E-state index in [0.29, 0.717) is 0 Å². The molecule has 36 heavy (non-hydrogen) atoms. The van der Waals surface area contributed by atoms with Crippen LogP contribution in [0, 0.1) is 0 Å². The van der Waals surface area contributed by atoms with Crippen LogP contribution in [0.3, 0.4) is 0 Å². The average Bonchev–Trinajstić information content (AvgIpc) is 2.93. The summed E-state index contributed by atoms with van der Waals surface area (Å²) in [4.78, 5) is 19.1. The number of likely N-dealkylation sites (tertiary alicyclic amines) is 1. The van der Waals surface area contributed by atoms with Crippen LogP contribution in [0.15, 0.2) is 121 Å². The molecule has 1 saturated heterocycles. The maximum atomic E-state index is 12.2. The van der Waals surface area contributed by atoms with Crippen molar-refractivity contribution in [1.29, 1.82) is 0 Å². The van der Waals surface area contributed by atoms with Crippen molar-refractivity contribution in [3.63, 3.8) is 0 Å². The summed E-state index contributed by atoms with van der Waals surface area (Å²) >= 11 is 1.45.